The zero-order chi connectivity index (χ0) is 14.6. The molecule has 4 heteroatoms. The summed E-state index contributed by atoms with van der Waals surface area (Å²) in [5.74, 6) is -0.388. The van der Waals surface area contributed by atoms with E-state index in [1.54, 1.807) is 17.9 Å². The maximum absolute atomic E-state index is 13.1. The maximum atomic E-state index is 13.1. The molecule has 19 heavy (non-hydrogen) atoms. The summed E-state index contributed by atoms with van der Waals surface area (Å²) in [7, 11) is 0. The molecule has 106 valence electrons. The number of carbonyl (C=O) groups excluding carboxylic acids is 1. The number of rotatable bonds is 5. The van der Waals surface area contributed by atoms with E-state index in [1.165, 1.54) is 12.1 Å². The molecule has 0 fully saturated rings. The Bertz CT molecular complexity index is 457. The molecule has 0 atom stereocenters. The van der Waals surface area contributed by atoms with E-state index in [0.717, 1.165) is 0 Å². The van der Waals surface area contributed by atoms with Gasteiger partial charge in [0.1, 0.15) is 5.82 Å². The highest BCUT2D eigenvalue weighted by atomic mass is 19.1. The minimum atomic E-state index is -0.320. The lowest BCUT2D eigenvalue weighted by Crippen LogP contribution is -2.42. The zero-order valence-electron chi connectivity index (χ0n) is 12.2. The van der Waals surface area contributed by atoms with E-state index in [4.69, 9.17) is 5.73 Å². The normalized spacial score (nSPS) is 11.5. The van der Waals surface area contributed by atoms with Crippen molar-refractivity contribution in [1.29, 1.82) is 0 Å². The predicted molar refractivity (Wildman–Crippen MR) is 75.5 cm³/mol. The Labute approximate surface area is 114 Å². The number of amides is 1. The summed E-state index contributed by atoms with van der Waals surface area (Å²) >= 11 is 0. The van der Waals surface area contributed by atoms with Crippen molar-refractivity contribution in [3.05, 3.63) is 35.1 Å². The van der Waals surface area contributed by atoms with Crippen LogP contribution in [0.2, 0.25) is 0 Å². The first kappa shape index (κ1) is 15.6. The van der Waals surface area contributed by atoms with E-state index in [-0.39, 0.29) is 17.1 Å². The molecule has 0 heterocycles. The van der Waals surface area contributed by atoms with Crippen LogP contribution < -0.4 is 5.73 Å². The number of benzene rings is 1. The number of hydrogen-bond acceptors (Lipinski definition) is 2. The molecule has 1 rings (SSSR count). The van der Waals surface area contributed by atoms with Crippen LogP contribution in [0.25, 0.3) is 0 Å². The largest absolute Gasteiger partial charge is 0.338 e. The van der Waals surface area contributed by atoms with Crippen molar-refractivity contribution < 1.29 is 9.18 Å². The second-order valence-corrected chi connectivity index (χ2v) is 5.65. The Morgan fingerprint density at radius 2 is 2.05 bits per heavy atom. The first-order valence-electron chi connectivity index (χ1n) is 6.56. The van der Waals surface area contributed by atoms with Gasteiger partial charge in [0, 0.05) is 18.7 Å². The van der Waals surface area contributed by atoms with Crippen LogP contribution in [0.5, 0.6) is 0 Å². The standard InChI is InChI=1S/C15H23FN2O/c1-5-18(10-15(3,4)9-17)14(19)13-7-6-12(16)8-11(13)2/h6-8H,5,9-10,17H2,1-4H3. The molecular weight excluding hydrogens is 243 g/mol. The number of halogens is 1. The van der Waals surface area contributed by atoms with Gasteiger partial charge in [-0.25, -0.2) is 4.39 Å². The minimum Gasteiger partial charge on any atom is -0.338 e. The molecule has 0 unspecified atom stereocenters. The van der Waals surface area contributed by atoms with Crippen molar-refractivity contribution in [2.24, 2.45) is 11.1 Å². The lowest BCUT2D eigenvalue weighted by Gasteiger charge is -2.31. The molecule has 0 radical (unpaired) electrons. The van der Waals surface area contributed by atoms with Gasteiger partial charge in [-0.2, -0.15) is 0 Å². The fraction of sp³-hybridized carbons (Fsp3) is 0.533. The average Bonchev–Trinajstić information content (AvgIpc) is 2.35. The van der Waals surface area contributed by atoms with Gasteiger partial charge in [0.2, 0.25) is 0 Å². The maximum Gasteiger partial charge on any atom is 0.254 e. The van der Waals surface area contributed by atoms with Gasteiger partial charge in [0.15, 0.2) is 0 Å². The van der Waals surface area contributed by atoms with Crippen LogP contribution in [0.3, 0.4) is 0 Å². The van der Waals surface area contributed by atoms with Crippen LogP contribution in [0.15, 0.2) is 18.2 Å². The van der Waals surface area contributed by atoms with E-state index in [9.17, 15) is 9.18 Å². The fourth-order valence-electron chi connectivity index (χ4n) is 1.95. The third-order valence-electron chi connectivity index (χ3n) is 3.26. The van der Waals surface area contributed by atoms with Gasteiger partial charge >= 0.3 is 0 Å². The number of hydrogen-bond donors (Lipinski definition) is 1. The molecule has 0 bridgehead atoms. The van der Waals surface area contributed by atoms with E-state index >= 15 is 0 Å². The number of nitrogens with zero attached hydrogens (tertiary/aromatic N) is 1. The summed E-state index contributed by atoms with van der Waals surface area (Å²) < 4.78 is 13.1. The highest BCUT2D eigenvalue weighted by Crippen LogP contribution is 2.18. The Morgan fingerprint density at radius 1 is 1.42 bits per heavy atom. The van der Waals surface area contributed by atoms with E-state index in [2.05, 4.69) is 0 Å². The second-order valence-electron chi connectivity index (χ2n) is 5.65. The van der Waals surface area contributed by atoms with Gasteiger partial charge in [-0.3, -0.25) is 4.79 Å². The van der Waals surface area contributed by atoms with Crippen LogP contribution in [0, 0.1) is 18.2 Å². The molecule has 0 saturated heterocycles. The van der Waals surface area contributed by atoms with Crippen LogP contribution >= 0.6 is 0 Å². The van der Waals surface area contributed by atoms with Gasteiger partial charge in [-0.15, -0.1) is 0 Å². The summed E-state index contributed by atoms with van der Waals surface area (Å²) in [6, 6.07) is 4.25. The Balaban J connectivity index is 2.96. The van der Waals surface area contributed by atoms with Crippen LogP contribution in [0.1, 0.15) is 36.7 Å². The van der Waals surface area contributed by atoms with Crippen molar-refractivity contribution in [2.75, 3.05) is 19.6 Å². The molecule has 0 spiro atoms. The van der Waals surface area contributed by atoms with E-state index in [1.807, 2.05) is 20.8 Å². The highest BCUT2D eigenvalue weighted by Gasteiger charge is 2.24. The van der Waals surface area contributed by atoms with E-state index < -0.39 is 0 Å². The van der Waals surface area contributed by atoms with Gasteiger partial charge in [0.25, 0.3) is 5.91 Å². The second kappa shape index (κ2) is 6.15. The van der Waals surface area contributed by atoms with Crippen LogP contribution in [-0.4, -0.2) is 30.4 Å². The molecule has 1 aromatic rings. The molecular formula is C15H23FN2O. The fourth-order valence-corrected chi connectivity index (χ4v) is 1.95. The van der Waals surface area contributed by atoms with Crippen molar-refractivity contribution >= 4 is 5.91 Å². The molecule has 0 aliphatic carbocycles. The van der Waals surface area contributed by atoms with Crippen molar-refractivity contribution in [3.63, 3.8) is 0 Å². The Kier molecular flexibility index (Phi) is 5.06. The summed E-state index contributed by atoms with van der Waals surface area (Å²) in [5, 5.41) is 0. The van der Waals surface area contributed by atoms with Crippen molar-refractivity contribution in [2.45, 2.75) is 27.7 Å². The lowest BCUT2D eigenvalue weighted by atomic mass is 9.92. The SMILES string of the molecule is CCN(CC(C)(C)CN)C(=O)c1ccc(F)cc1C. The van der Waals surface area contributed by atoms with Crippen molar-refractivity contribution in [3.8, 4) is 0 Å². The Morgan fingerprint density at radius 3 is 2.53 bits per heavy atom. The third-order valence-corrected chi connectivity index (χ3v) is 3.26. The summed E-state index contributed by atoms with van der Waals surface area (Å²) in [6.45, 7) is 9.45. The number of nitrogens with two attached hydrogens (primary N) is 1. The molecule has 2 N–H and O–H groups in total. The summed E-state index contributed by atoms with van der Waals surface area (Å²) in [5.41, 5.74) is 6.80. The van der Waals surface area contributed by atoms with E-state index in [0.29, 0.717) is 30.8 Å². The highest BCUT2D eigenvalue weighted by molar-refractivity contribution is 5.95. The molecule has 0 aliphatic heterocycles. The monoisotopic (exact) mass is 266 g/mol. The van der Waals surface area contributed by atoms with Crippen LogP contribution in [-0.2, 0) is 0 Å². The quantitative estimate of drug-likeness (QED) is 0.890. The van der Waals surface area contributed by atoms with Gasteiger partial charge < -0.3 is 10.6 Å². The smallest absolute Gasteiger partial charge is 0.254 e. The summed E-state index contributed by atoms with van der Waals surface area (Å²) in [6.07, 6.45) is 0. The molecule has 3 nitrogen and oxygen atoms in total. The molecule has 1 amide bonds. The van der Waals surface area contributed by atoms with Crippen LogP contribution in [0.4, 0.5) is 4.39 Å². The molecule has 0 aromatic heterocycles. The molecule has 0 saturated carbocycles. The predicted octanol–water partition coefficient (Wildman–Crippen LogP) is 2.58. The summed E-state index contributed by atoms with van der Waals surface area (Å²) in [4.78, 5) is 14.2. The number of aryl methyl sites for hydroxylation is 1. The number of carbonyl (C=O) groups is 1. The Hall–Kier alpha value is -1.42. The first-order valence-corrected chi connectivity index (χ1v) is 6.56. The zero-order valence-corrected chi connectivity index (χ0v) is 12.2. The average molecular weight is 266 g/mol. The topological polar surface area (TPSA) is 46.3 Å². The first-order chi connectivity index (χ1) is 8.80. The lowest BCUT2D eigenvalue weighted by molar-refractivity contribution is 0.0700. The van der Waals surface area contributed by atoms with Gasteiger partial charge in [-0.05, 0) is 49.6 Å². The molecule has 1 aromatic carbocycles. The van der Waals surface area contributed by atoms with Gasteiger partial charge in [-0.1, -0.05) is 13.8 Å². The molecule has 0 aliphatic rings. The minimum absolute atomic E-state index is 0.0680. The van der Waals surface area contributed by atoms with Gasteiger partial charge in [0.05, 0.1) is 0 Å². The van der Waals surface area contributed by atoms with Crippen molar-refractivity contribution in [1.82, 2.24) is 4.90 Å². The third kappa shape index (κ3) is 4.03.